The van der Waals surface area contributed by atoms with E-state index in [1.54, 1.807) is 24.9 Å². The van der Waals surface area contributed by atoms with Crippen molar-refractivity contribution in [1.29, 1.82) is 0 Å². The fourth-order valence-corrected chi connectivity index (χ4v) is 2.74. The maximum atomic E-state index is 12.7. The standard InChI is InChI=1S/C17H20N6O2/c1-11(15-20-21-17(25)22(15)2)19-16(24)13-10-18-23(3)14(13)9-12-7-5-4-6-8-12/h4-8,10-11H,9H2,1-3H3,(H,19,24)(H,21,25). The summed E-state index contributed by atoms with van der Waals surface area (Å²) in [4.78, 5) is 24.2. The summed E-state index contributed by atoms with van der Waals surface area (Å²) in [6, 6.07) is 9.49. The van der Waals surface area contributed by atoms with Crippen molar-refractivity contribution in [2.45, 2.75) is 19.4 Å². The Bertz CT molecular complexity index is 938. The van der Waals surface area contributed by atoms with Gasteiger partial charge in [-0.1, -0.05) is 30.3 Å². The SMILES string of the molecule is CC(NC(=O)c1cnn(C)c1Cc1ccccc1)c1n[nH]c(=O)n1C. The highest BCUT2D eigenvalue weighted by atomic mass is 16.2. The van der Waals surface area contributed by atoms with Crippen LogP contribution in [-0.2, 0) is 20.5 Å². The first kappa shape index (κ1) is 16.7. The highest BCUT2D eigenvalue weighted by molar-refractivity contribution is 5.95. The molecule has 0 spiro atoms. The summed E-state index contributed by atoms with van der Waals surface area (Å²) >= 11 is 0. The summed E-state index contributed by atoms with van der Waals surface area (Å²) in [5.41, 5.74) is 2.12. The highest BCUT2D eigenvalue weighted by Gasteiger charge is 2.21. The van der Waals surface area contributed by atoms with Gasteiger partial charge in [-0.15, -0.1) is 0 Å². The number of nitrogens with zero attached hydrogens (tertiary/aromatic N) is 4. The van der Waals surface area contributed by atoms with Gasteiger partial charge < -0.3 is 5.32 Å². The van der Waals surface area contributed by atoms with E-state index in [4.69, 9.17) is 0 Å². The minimum atomic E-state index is -0.416. The Kier molecular flexibility index (Phi) is 4.51. The number of aryl methyl sites for hydroxylation is 1. The van der Waals surface area contributed by atoms with Crippen LogP contribution in [0.4, 0.5) is 0 Å². The minimum Gasteiger partial charge on any atom is -0.342 e. The Morgan fingerprint density at radius 2 is 2.00 bits per heavy atom. The molecule has 1 unspecified atom stereocenters. The first-order valence-corrected chi connectivity index (χ1v) is 7.94. The number of hydrogen-bond acceptors (Lipinski definition) is 4. The molecule has 3 aromatic rings. The summed E-state index contributed by atoms with van der Waals surface area (Å²) in [5.74, 6) is 0.217. The van der Waals surface area contributed by atoms with Gasteiger partial charge in [0.1, 0.15) is 0 Å². The van der Waals surface area contributed by atoms with Crippen LogP contribution in [0.5, 0.6) is 0 Å². The number of carbonyl (C=O) groups excluding carboxylic acids is 1. The number of amides is 1. The van der Waals surface area contributed by atoms with E-state index >= 15 is 0 Å². The molecule has 1 amide bonds. The number of benzene rings is 1. The predicted molar refractivity (Wildman–Crippen MR) is 92.2 cm³/mol. The Morgan fingerprint density at radius 1 is 1.28 bits per heavy atom. The molecule has 2 N–H and O–H groups in total. The molecule has 0 aliphatic heterocycles. The lowest BCUT2D eigenvalue weighted by Gasteiger charge is -2.13. The van der Waals surface area contributed by atoms with E-state index in [1.165, 1.54) is 4.57 Å². The lowest BCUT2D eigenvalue weighted by molar-refractivity contribution is 0.0936. The molecule has 0 saturated heterocycles. The van der Waals surface area contributed by atoms with Crippen LogP contribution >= 0.6 is 0 Å². The van der Waals surface area contributed by atoms with Crippen molar-refractivity contribution in [1.82, 2.24) is 29.9 Å². The molecule has 25 heavy (non-hydrogen) atoms. The van der Waals surface area contributed by atoms with Gasteiger partial charge in [0, 0.05) is 20.5 Å². The smallest absolute Gasteiger partial charge is 0.342 e. The molecule has 3 rings (SSSR count). The largest absolute Gasteiger partial charge is 0.343 e. The number of aromatic amines is 1. The molecule has 2 heterocycles. The van der Waals surface area contributed by atoms with Crippen molar-refractivity contribution in [3.63, 3.8) is 0 Å². The van der Waals surface area contributed by atoms with Gasteiger partial charge in [-0.25, -0.2) is 9.89 Å². The zero-order chi connectivity index (χ0) is 18.0. The Hall–Kier alpha value is -3.16. The molecule has 1 aromatic carbocycles. The second-order valence-electron chi connectivity index (χ2n) is 5.93. The molecular formula is C17H20N6O2. The molecule has 8 nitrogen and oxygen atoms in total. The van der Waals surface area contributed by atoms with Crippen molar-refractivity contribution < 1.29 is 4.79 Å². The third-order valence-electron chi connectivity index (χ3n) is 4.17. The van der Waals surface area contributed by atoms with E-state index in [-0.39, 0.29) is 11.6 Å². The quantitative estimate of drug-likeness (QED) is 0.722. The van der Waals surface area contributed by atoms with Crippen LogP contribution in [-0.4, -0.2) is 30.5 Å². The molecule has 0 aliphatic carbocycles. The Balaban J connectivity index is 1.81. The number of rotatable bonds is 5. The van der Waals surface area contributed by atoms with Crippen molar-refractivity contribution in [2.24, 2.45) is 14.1 Å². The van der Waals surface area contributed by atoms with Gasteiger partial charge in [0.25, 0.3) is 5.91 Å². The van der Waals surface area contributed by atoms with Gasteiger partial charge in [-0.3, -0.25) is 14.0 Å². The number of nitrogens with one attached hydrogen (secondary N) is 2. The van der Waals surface area contributed by atoms with Crippen molar-refractivity contribution in [2.75, 3.05) is 0 Å². The van der Waals surface area contributed by atoms with Crippen LogP contribution in [0.2, 0.25) is 0 Å². The van der Waals surface area contributed by atoms with E-state index in [0.29, 0.717) is 17.8 Å². The van der Waals surface area contributed by atoms with Gasteiger partial charge in [0.2, 0.25) is 0 Å². The Morgan fingerprint density at radius 3 is 2.64 bits per heavy atom. The number of H-pyrrole nitrogens is 1. The van der Waals surface area contributed by atoms with Crippen molar-refractivity contribution in [3.05, 3.63) is 69.7 Å². The fourth-order valence-electron chi connectivity index (χ4n) is 2.74. The summed E-state index contributed by atoms with van der Waals surface area (Å²) in [7, 11) is 3.42. The molecule has 0 bridgehead atoms. The van der Waals surface area contributed by atoms with Gasteiger partial charge in [-0.2, -0.15) is 10.2 Å². The first-order chi connectivity index (χ1) is 12.0. The second-order valence-corrected chi connectivity index (χ2v) is 5.93. The van der Waals surface area contributed by atoms with Crippen molar-refractivity contribution >= 4 is 5.91 Å². The number of carbonyl (C=O) groups is 1. The lowest BCUT2D eigenvalue weighted by Crippen LogP contribution is -2.30. The third-order valence-corrected chi connectivity index (χ3v) is 4.17. The van der Waals surface area contributed by atoms with Gasteiger partial charge in [-0.05, 0) is 12.5 Å². The van der Waals surface area contributed by atoms with E-state index in [1.807, 2.05) is 37.4 Å². The van der Waals surface area contributed by atoms with E-state index < -0.39 is 6.04 Å². The van der Waals surface area contributed by atoms with Crippen molar-refractivity contribution in [3.8, 4) is 0 Å². The molecule has 1 atom stereocenters. The van der Waals surface area contributed by atoms with Gasteiger partial charge in [0.15, 0.2) is 5.82 Å². The average Bonchev–Trinajstić information content (AvgIpc) is 3.12. The first-order valence-electron chi connectivity index (χ1n) is 7.94. The van der Waals surface area contributed by atoms with E-state index in [0.717, 1.165) is 11.3 Å². The molecular weight excluding hydrogens is 320 g/mol. The van der Waals surface area contributed by atoms with Crippen LogP contribution in [0, 0.1) is 0 Å². The molecule has 8 heteroatoms. The summed E-state index contributed by atoms with van der Waals surface area (Å²) in [6.45, 7) is 1.78. The lowest BCUT2D eigenvalue weighted by atomic mass is 10.1. The van der Waals surface area contributed by atoms with Crippen LogP contribution in [0.1, 0.15) is 40.4 Å². The summed E-state index contributed by atoms with van der Waals surface area (Å²) < 4.78 is 3.08. The Labute approximate surface area is 144 Å². The summed E-state index contributed by atoms with van der Waals surface area (Å²) in [5, 5.41) is 13.4. The maximum absolute atomic E-state index is 12.7. The molecule has 0 saturated carbocycles. The molecule has 2 aromatic heterocycles. The van der Waals surface area contributed by atoms with Crippen LogP contribution in [0.25, 0.3) is 0 Å². The van der Waals surface area contributed by atoms with Gasteiger partial charge >= 0.3 is 5.69 Å². The summed E-state index contributed by atoms with van der Waals surface area (Å²) in [6.07, 6.45) is 2.17. The monoisotopic (exact) mass is 340 g/mol. The fraction of sp³-hybridized carbons (Fsp3) is 0.294. The molecule has 130 valence electrons. The molecule has 0 radical (unpaired) electrons. The predicted octanol–water partition coefficient (Wildman–Crippen LogP) is 0.924. The normalized spacial score (nSPS) is 12.1. The third kappa shape index (κ3) is 3.37. The van der Waals surface area contributed by atoms with Crippen LogP contribution in [0.15, 0.2) is 41.3 Å². The maximum Gasteiger partial charge on any atom is 0.343 e. The zero-order valence-corrected chi connectivity index (χ0v) is 14.4. The number of aromatic nitrogens is 5. The topological polar surface area (TPSA) is 97.6 Å². The number of hydrogen-bond donors (Lipinski definition) is 2. The zero-order valence-electron chi connectivity index (χ0n) is 14.4. The molecule has 0 aliphatic rings. The average molecular weight is 340 g/mol. The van der Waals surface area contributed by atoms with Crippen LogP contribution < -0.4 is 11.0 Å². The van der Waals surface area contributed by atoms with Crippen LogP contribution in [0.3, 0.4) is 0 Å². The molecule has 0 fully saturated rings. The highest BCUT2D eigenvalue weighted by Crippen LogP contribution is 2.15. The second kappa shape index (κ2) is 6.76. The van der Waals surface area contributed by atoms with E-state index in [9.17, 15) is 9.59 Å². The minimum absolute atomic E-state index is 0.248. The van der Waals surface area contributed by atoms with Gasteiger partial charge in [0.05, 0.1) is 23.5 Å². The van der Waals surface area contributed by atoms with E-state index in [2.05, 4.69) is 20.6 Å².